The average molecular weight is 400 g/mol. The molecule has 0 aromatic carbocycles. The van der Waals surface area contributed by atoms with Gasteiger partial charge in [-0.25, -0.2) is 4.98 Å². The predicted octanol–water partition coefficient (Wildman–Crippen LogP) is 1.95. The van der Waals surface area contributed by atoms with Gasteiger partial charge in [-0.3, -0.25) is 4.68 Å². The number of hydrogen-bond acceptors (Lipinski definition) is 7. The summed E-state index contributed by atoms with van der Waals surface area (Å²) in [5, 5.41) is 16.2. The molecule has 0 radical (unpaired) electrons. The highest BCUT2D eigenvalue weighted by Gasteiger charge is 2.42. The van der Waals surface area contributed by atoms with Crippen molar-refractivity contribution in [1.29, 1.82) is 0 Å². The first-order valence-electron chi connectivity index (χ1n) is 9.18. The van der Waals surface area contributed by atoms with E-state index in [1.807, 2.05) is 18.2 Å². The van der Waals surface area contributed by atoms with Crippen molar-refractivity contribution in [1.82, 2.24) is 30.3 Å². The first-order chi connectivity index (χ1) is 13.2. The lowest BCUT2D eigenvalue weighted by Gasteiger charge is -2.20. The van der Waals surface area contributed by atoms with E-state index < -0.39 is 0 Å². The van der Waals surface area contributed by atoms with E-state index in [0.717, 1.165) is 43.0 Å². The molecule has 0 bridgehead atoms. The van der Waals surface area contributed by atoms with E-state index in [2.05, 4.69) is 31.2 Å². The summed E-state index contributed by atoms with van der Waals surface area (Å²) in [5.74, 6) is 0.884. The summed E-state index contributed by atoms with van der Waals surface area (Å²) in [6.07, 6.45) is 5.71. The van der Waals surface area contributed by atoms with E-state index >= 15 is 0 Å². The van der Waals surface area contributed by atoms with Gasteiger partial charge in [-0.1, -0.05) is 0 Å². The van der Waals surface area contributed by atoms with Crippen LogP contribution in [0.1, 0.15) is 24.2 Å². The summed E-state index contributed by atoms with van der Waals surface area (Å²) in [5.41, 5.74) is 10.1. The molecule has 3 aromatic rings. The van der Waals surface area contributed by atoms with Crippen molar-refractivity contribution in [3.63, 3.8) is 0 Å². The summed E-state index contributed by atoms with van der Waals surface area (Å²) in [6, 6.07) is 7.77. The Morgan fingerprint density at radius 2 is 2.21 bits per heavy atom. The summed E-state index contributed by atoms with van der Waals surface area (Å²) in [4.78, 5) is 4.29. The molecule has 3 aromatic heterocycles. The maximum absolute atomic E-state index is 5.99. The molecular formula is C19H22ClN7O. The first kappa shape index (κ1) is 18.6. The Morgan fingerprint density at radius 3 is 3.00 bits per heavy atom. The summed E-state index contributed by atoms with van der Waals surface area (Å²) in [6.45, 7) is 3.36. The number of fused-ring (bicyclic) bond motifs is 2. The monoisotopic (exact) mass is 399 g/mol. The van der Waals surface area contributed by atoms with E-state index in [9.17, 15) is 0 Å². The molecule has 146 valence electrons. The smallest absolute Gasteiger partial charge is 0.166 e. The van der Waals surface area contributed by atoms with Crippen LogP contribution in [-0.4, -0.2) is 38.1 Å². The molecule has 1 atom stereocenters. The first-order valence-corrected chi connectivity index (χ1v) is 9.18. The Labute approximate surface area is 168 Å². The summed E-state index contributed by atoms with van der Waals surface area (Å²) < 4.78 is 7.96. The highest BCUT2D eigenvalue weighted by Crippen LogP contribution is 2.41. The van der Waals surface area contributed by atoms with Crippen LogP contribution in [0.5, 0.6) is 5.75 Å². The van der Waals surface area contributed by atoms with E-state index in [4.69, 9.17) is 15.6 Å². The molecule has 2 aliphatic rings. The van der Waals surface area contributed by atoms with Crippen LogP contribution in [0.3, 0.4) is 0 Å². The van der Waals surface area contributed by atoms with Crippen molar-refractivity contribution in [3.8, 4) is 17.0 Å². The minimum Gasteiger partial charge on any atom is -0.483 e. The number of ether oxygens (including phenoxy) is 1. The van der Waals surface area contributed by atoms with Gasteiger partial charge in [0.25, 0.3) is 0 Å². The number of aryl methyl sites for hydroxylation is 1. The molecule has 0 unspecified atom stereocenters. The fraction of sp³-hybridized carbons (Fsp3) is 0.368. The average Bonchev–Trinajstić information content (AvgIpc) is 3.41. The Morgan fingerprint density at radius 1 is 1.29 bits per heavy atom. The molecule has 8 nitrogen and oxygen atoms in total. The number of anilines is 1. The molecule has 1 spiro atoms. The summed E-state index contributed by atoms with van der Waals surface area (Å²) >= 11 is 0. The number of nitrogens with zero attached hydrogens (tertiary/aromatic N) is 5. The fourth-order valence-corrected chi connectivity index (χ4v) is 4.05. The highest BCUT2D eigenvalue weighted by molar-refractivity contribution is 5.85. The third kappa shape index (κ3) is 3.18. The molecule has 5 heterocycles. The number of aromatic nitrogens is 5. The van der Waals surface area contributed by atoms with Crippen molar-refractivity contribution in [2.45, 2.75) is 31.4 Å². The molecular weight excluding hydrogens is 378 g/mol. The Balaban J connectivity index is 0.00000192. The van der Waals surface area contributed by atoms with Gasteiger partial charge < -0.3 is 15.8 Å². The second-order valence-corrected chi connectivity index (χ2v) is 7.21. The second kappa shape index (κ2) is 7.37. The lowest BCUT2D eigenvalue weighted by atomic mass is 9.82. The third-order valence-electron chi connectivity index (χ3n) is 5.55. The van der Waals surface area contributed by atoms with Crippen LogP contribution in [0, 0.1) is 0 Å². The van der Waals surface area contributed by atoms with E-state index in [1.54, 1.807) is 12.4 Å². The SMILES string of the molecule is Cl.Nc1ncc(-c2cc3n(n2)CC[C@]32CCNC2)cc1OCc1cccnn1. The lowest BCUT2D eigenvalue weighted by Crippen LogP contribution is -2.25. The number of halogens is 1. The van der Waals surface area contributed by atoms with E-state index in [-0.39, 0.29) is 24.4 Å². The lowest BCUT2D eigenvalue weighted by molar-refractivity contribution is 0.300. The van der Waals surface area contributed by atoms with E-state index in [0.29, 0.717) is 11.6 Å². The normalized spacial score (nSPS) is 20.1. The standard InChI is InChI=1S/C19H21N7O.ClH/c20-18-16(27-11-14-2-1-5-23-24-14)8-13(10-22-18)15-9-17-19(3-6-21-12-19)4-7-26(17)25-15;/h1-2,5,8-10,21H,3-4,6-7,11-12H2,(H2,20,22);1H/t19-;/m0./s1. The minimum absolute atomic E-state index is 0. The van der Waals surface area contributed by atoms with Crippen molar-refractivity contribution in [2.24, 2.45) is 0 Å². The van der Waals surface area contributed by atoms with Crippen LogP contribution in [-0.2, 0) is 18.6 Å². The van der Waals surface area contributed by atoms with Crippen molar-refractivity contribution in [2.75, 3.05) is 18.8 Å². The number of rotatable bonds is 4. The Hall–Kier alpha value is -2.71. The fourth-order valence-electron chi connectivity index (χ4n) is 4.05. The van der Waals surface area contributed by atoms with Crippen molar-refractivity contribution in [3.05, 3.63) is 48.0 Å². The molecule has 0 saturated carbocycles. The molecule has 5 rings (SSSR count). The van der Waals surface area contributed by atoms with Gasteiger partial charge in [0.05, 0.1) is 5.69 Å². The maximum atomic E-state index is 5.99. The van der Waals surface area contributed by atoms with Crippen LogP contribution in [0.25, 0.3) is 11.3 Å². The van der Waals surface area contributed by atoms with Crippen LogP contribution in [0.4, 0.5) is 5.82 Å². The van der Waals surface area contributed by atoms with Gasteiger partial charge in [0.2, 0.25) is 0 Å². The zero-order valence-electron chi connectivity index (χ0n) is 15.3. The maximum Gasteiger partial charge on any atom is 0.166 e. The van der Waals surface area contributed by atoms with Crippen molar-refractivity contribution >= 4 is 18.2 Å². The molecule has 9 heteroatoms. The van der Waals surface area contributed by atoms with Gasteiger partial charge >= 0.3 is 0 Å². The molecule has 2 aliphatic heterocycles. The zero-order valence-corrected chi connectivity index (χ0v) is 16.2. The topological polar surface area (TPSA) is 104 Å². The van der Waals surface area contributed by atoms with Crippen molar-refractivity contribution < 1.29 is 4.74 Å². The number of pyridine rings is 1. The number of nitrogens with two attached hydrogens (primary N) is 1. The minimum atomic E-state index is 0. The van der Waals surface area contributed by atoms with Gasteiger partial charge in [-0.05, 0) is 43.7 Å². The van der Waals surface area contributed by atoms with Gasteiger partial charge in [-0.2, -0.15) is 15.3 Å². The molecule has 3 N–H and O–H groups in total. The number of nitrogens with one attached hydrogen (secondary N) is 1. The number of nitrogen functional groups attached to an aromatic ring is 1. The quantitative estimate of drug-likeness (QED) is 0.690. The van der Waals surface area contributed by atoms with Gasteiger partial charge in [0.15, 0.2) is 11.6 Å². The summed E-state index contributed by atoms with van der Waals surface area (Å²) in [7, 11) is 0. The van der Waals surface area contributed by atoms with Gasteiger partial charge in [0, 0.05) is 42.2 Å². The largest absolute Gasteiger partial charge is 0.483 e. The highest BCUT2D eigenvalue weighted by atomic mass is 35.5. The van der Waals surface area contributed by atoms with E-state index in [1.165, 1.54) is 12.1 Å². The van der Waals surface area contributed by atoms with Crippen LogP contribution >= 0.6 is 12.4 Å². The van der Waals surface area contributed by atoms with Crippen LogP contribution in [0.15, 0.2) is 36.7 Å². The molecule has 0 aliphatic carbocycles. The number of hydrogen-bond donors (Lipinski definition) is 2. The predicted molar refractivity (Wildman–Crippen MR) is 107 cm³/mol. The van der Waals surface area contributed by atoms with Crippen LogP contribution < -0.4 is 15.8 Å². The third-order valence-corrected chi connectivity index (χ3v) is 5.55. The molecule has 0 amide bonds. The molecule has 1 fully saturated rings. The second-order valence-electron chi connectivity index (χ2n) is 7.21. The van der Waals surface area contributed by atoms with Gasteiger partial charge in [0.1, 0.15) is 12.3 Å². The Bertz CT molecular complexity index is 970. The zero-order chi connectivity index (χ0) is 18.3. The molecule has 28 heavy (non-hydrogen) atoms. The van der Waals surface area contributed by atoms with Crippen LogP contribution in [0.2, 0.25) is 0 Å². The molecule has 1 saturated heterocycles. The Kier molecular flexibility index (Phi) is 4.91. The van der Waals surface area contributed by atoms with Gasteiger partial charge in [-0.15, -0.1) is 12.4 Å².